The minimum absolute atomic E-state index is 0.0584. The lowest BCUT2D eigenvalue weighted by Crippen LogP contribution is -2.38. The zero-order chi connectivity index (χ0) is 10.1. The molecule has 0 bridgehead atoms. The first kappa shape index (κ1) is 10.9. The molecule has 1 aliphatic rings. The summed E-state index contributed by atoms with van der Waals surface area (Å²) in [5, 5.41) is 10.4. The van der Waals surface area contributed by atoms with Crippen LogP contribution in [0.25, 0.3) is 0 Å². The number of carbonyl (C=O) groups is 1. The van der Waals surface area contributed by atoms with E-state index in [1.165, 1.54) is 0 Å². The molecule has 2 nitrogen and oxygen atoms in total. The van der Waals surface area contributed by atoms with Gasteiger partial charge < -0.3 is 5.11 Å². The Morgan fingerprint density at radius 2 is 2.38 bits per heavy atom. The van der Waals surface area contributed by atoms with E-state index in [1.54, 1.807) is 6.92 Å². The first-order chi connectivity index (χ1) is 5.97. The van der Waals surface area contributed by atoms with E-state index >= 15 is 0 Å². The smallest absolute Gasteiger partial charge is 0.158 e. The van der Waals surface area contributed by atoms with E-state index in [2.05, 4.69) is 15.9 Å². The Morgan fingerprint density at radius 3 is 2.85 bits per heavy atom. The Kier molecular flexibility index (Phi) is 3.30. The van der Waals surface area contributed by atoms with Crippen LogP contribution < -0.4 is 0 Å². The van der Waals surface area contributed by atoms with Gasteiger partial charge in [-0.05, 0) is 31.8 Å². The van der Waals surface area contributed by atoms with Crippen LogP contribution in [0.4, 0.5) is 0 Å². The second-order valence-corrected chi connectivity index (χ2v) is 4.50. The van der Waals surface area contributed by atoms with E-state index in [1.807, 2.05) is 13.0 Å². The molecule has 1 N–H and O–H groups in total. The molecular weight excluding hydrogens is 232 g/mol. The lowest BCUT2D eigenvalue weighted by atomic mass is 9.79. The van der Waals surface area contributed by atoms with Crippen molar-refractivity contribution in [3.63, 3.8) is 0 Å². The monoisotopic (exact) mass is 246 g/mol. The number of carbonyl (C=O) groups excluding carboxylic acids is 1. The maximum absolute atomic E-state index is 11.4. The molecule has 0 radical (unpaired) electrons. The van der Waals surface area contributed by atoms with E-state index in [-0.39, 0.29) is 11.7 Å². The molecule has 0 heterocycles. The molecule has 0 fully saturated rings. The van der Waals surface area contributed by atoms with Gasteiger partial charge in [0.15, 0.2) is 5.78 Å². The Morgan fingerprint density at radius 1 is 1.77 bits per heavy atom. The van der Waals surface area contributed by atoms with Crippen molar-refractivity contribution in [3.05, 3.63) is 11.6 Å². The molecule has 0 aromatic heterocycles. The minimum atomic E-state index is -0.771. The summed E-state index contributed by atoms with van der Waals surface area (Å²) in [6.45, 7) is 3.61. The van der Waals surface area contributed by atoms with Gasteiger partial charge >= 0.3 is 0 Å². The van der Waals surface area contributed by atoms with Crippen LogP contribution in [0.1, 0.15) is 26.7 Å². The number of halogens is 1. The SMILES string of the molecule is CC1=CC[C@H](C(C)(O)CBr)CC1=O. The first-order valence-electron chi connectivity index (χ1n) is 4.45. The van der Waals surface area contributed by atoms with Crippen LogP contribution in [-0.2, 0) is 4.79 Å². The third kappa shape index (κ3) is 2.41. The van der Waals surface area contributed by atoms with Crippen LogP contribution in [0.5, 0.6) is 0 Å². The number of hydrogen-bond acceptors (Lipinski definition) is 2. The minimum Gasteiger partial charge on any atom is -0.389 e. The standard InChI is InChI=1S/C10H15BrO2/c1-7-3-4-8(5-9(7)12)10(2,13)6-11/h3,8,13H,4-6H2,1-2H3/t8-,10?/m0/s1. The predicted molar refractivity (Wildman–Crippen MR) is 55.9 cm³/mol. The lowest BCUT2D eigenvalue weighted by molar-refractivity contribution is -0.119. The van der Waals surface area contributed by atoms with Gasteiger partial charge in [-0.1, -0.05) is 22.0 Å². The Balaban J connectivity index is 2.73. The van der Waals surface area contributed by atoms with Crippen LogP contribution in [0.2, 0.25) is 0 Å². The number of hydrogen-bond donors (Lipinski definition) is 1. The molecule has 13 heavy (non-hydrogen) atoms. The van der Waals surface area contributed by atoms with Crippen molar-refractivity contribution in [2.45, 2.75) is 32.3 Å². The topological polar surface area (TPSA) is 37.3 Å². The molecule has 74 valence electrons. The number of rotatable bonds is 2. The quantitative estimate of drug-likeness (QED) is 0.758. The fourth-order valence-corrected chi connectivity index (χ4v) is 1.94. The average Bonchev–Trinajstić information content (AvgIpc) is 2.09. The van der Waals surface area contributed by atoms with E-state index in [0.29, 0.717) is 11.8 Å². The largest absolute Gasteiger partial charge is 0.389 e. The van der Waals surface area contributed by atoms with Gasteiger partial charge in [0.25, 0.3) is 0 Å². The van der Waals surface area contributed by atoms with Crippen molar-refractivity contribution in [1.82, 2.24) is 0 Å². The predicted octanol–water partition coefficient (Wildman–Crippen LogP) is 2.06. The normalized spacial score (nSPS) is 28.2. The summed E-state index contributed by atoms with van der Waals surface area (Å²) in [6, 6.07) is 0. The highest BCUT2D eigenvalue weighted by Gasteiger charge is 2.33. The number of aliphatic hydroxyl groups is 1. The molecule has 0 aromatic rings. The highest BCUT2D eigenvalue weighted by atomic mass is 79.9. The molecule has 1 unspecified atom stereocenters. The number of alkyl halides is 1. The molecule has 0 spiro atoms. The van der Waals surface area contributed by atoms with Crippen molar-refractivity contribution in [2.75, 3.05) is 5.33 Å². The Labute approximate surface area is 87.2 Å². The summed E-state index contributed by atoms with van der Waals surface area (Å²) in [6.07, 6.45) is 3.20. The Hall–Kier alpha value is -0.150. The summed E-state index contributed by atoms with van der Waals surface area (Å²) in [7, 11) is 0. The van der Waals surface area contributed by atoms with Gasteiger partial charge in [0, 0.05) is 11.8 Å². The van der Waals surface area contributed by atoms with Gasteiger partial charge in [-0.3, -0.25) is 4.79 Å². The zero-order valence-electron chi connectivity index (χ0n) is 8.01. The third-order valence-electron chi connectivity index (χ3n) is 2.73. The van der Waals surface area contributed by atoms with Crippen LogP contribution in [-0.4, -0.2) is 21.8 Å². The van der Waals surface area contributed by atoms with E-state index < -0.39 is 5.60 Å². The van der Waals surface area contributed by atoms with Crippen molar-refractivity contribution < 1.29 is 9.90 Å². The molecule has 2 atom stereocenters. The van der Waals surface area contributed by atoms with Gasteiger partial charge in [0.1, 0.15) is 0 Å². The Bertz CT molecular complexity index is 243. The summed E-state index contributed by atoms with van der Waals surface area (Å²) in [5.74, 6) is 0.223. The highest BCUT2D eigenvalue weighted by Crippen LogP contribution is 2.31. The average molecular weight is 247 g/mol. The zero-order valence-corrected chi connectivity index (χ0v) is 9.60. The second-order valence-electron chi connectivity index (χ2n) is 3.94. The van der Waals surface area contributed by atoms with Crippen molar-refractivity contribution in [1.29, 1.82) is 0 Å². The van der Waals surface area contributed by atoms with Crippen LogP contribution in [0, 0.1) is 5.92 Å². The van der Waals surface area contributed by atoms with E-state index in [9.17, 15) is 9.90 Å². The molecule has 1 rings (SSSR count). The summed E-state index contributed by atoms with van der Waals surface area (Å²) >= 11 is 3.26. The van der Waals surface area contributed by atoms with Gasteiger partial charge in [0.05, 0.1) is 5.60 Å². The van der Waals surface area contributed by atoms with Crippen molar-refractivity contribution in [2.24, 2.45) is 5.92 Å². The fourth-order valence-electron chi connectivity index (χ4n) is 1.48. The van der Waals surface area contributed by atoms with Gasteiger partial charge in [-0.25, -0.2) is 0 Å². The summed E-state index contributed by atoms with van der Waals surface area (Å²) in [5.41, 5.74) is 0.0639. The maximum Gasteiger partial charge on any atom is 0.158 e. The van der Waals surface area contributed by atoms with Gasteiger partial charge in [-0.2, -0.15) is 0 Å². The molecule has 0 aliphatic heterocycles. The van der Waals surface area contributed by atoms with Crippen LogP contribution >= 0.6 is 15.9 Å². The second kappa shape index (κ2) is 3.93. The van der Waals surface area contributed by atoms with Gasteiger partial charge in [-0.15, -0.1) is 0 Å². The molecule has 3 heteroatoms. The number of Topliss-reactive ketones (excluding diaryl/α,β-unsaturated/α-hetero) is 1. The van der Waals surface area contributed by atoms with E-state index in [4.69, 9.17) is 0 Å². The number of allylic oxidation sites excluding steroid dienone is 2. The molecular formula is C10H15BrO2. The molecule has 0 saturated heterocycles. The maximum atomic E-state index is 11.4. The summed E-state index contributed by atoms with van der Waals surface area (Å²) in [4.78, 5) is 11.4. The molecule has 0 aromatic carbocycles. The fraction of sp³-hybridized carbons (Fsp3) is 0.700. The molecule has 0 saturated carbocycles. The highest BCUT2D eigenvalue weighted by molar-refractivity contribution is 9.09. The molecule has 0 amide bonds. The first-order valence-corrected chi connectivity index (χ1v) is 5.58. The lowest BCUT2D eigenvalue weighted by Gasteiger charge is -2.32. The molecule has 1 aliphatic carbocycles. The number of ketones is 1. The van der Waals surface area contributed by atoms with Crippen molar-refractivity contribution >= 4 is 21.7 Å². The van der Waals surface area contributed by atoms with E-state index in [0.717, 1.165) is 12.0 Å². The summed E-state index contributed by atoms with van der Waals surface area (Å²) < 4.78 is 0. The van der Waals surface area contributed by atoms with Gasteiger partial charge in [0.2, 0.25) is 0 Å². The van der Waals surface area contributed by atoms with Crippen LogP contribution in [0.3, 0.4) is 0 Å². The third-order valence-corrected chi connectivity index (χ3v) is 3.87. The van der Waals surface area contributed by atoms with Crippen molar-refractivity contribution in [3.8, 4) is 0 Å². The van der Waals surface area contributed by atoms with Crippen LogP contribution in [0.15, 0.2) is 11.6 Å².